The van der Waals surface area contributed by atoms with Gasteiger partial charge in [0.05, 0.1) is 4.90 Å². The van der Waals surface area contributed by atoms with Gasteiger partial charge >= 0.3 is 0 Å². The molecule has 1 fully saturated rings. The number of aryl methyl sites for hydroxylation is 1. The number of hydrogen-bond donors (Lipinski definition) is 1. The first-order chi connectivity index (χ1) is 15.8. The summed E-state index contributed by atoms with van der Waals surface area (Å²) in [6, 6.07) is 12.0. The summed E-state index contributed by atoms with van der Waals surface area (Å²) in [6.45, 7) is 5.19. The van der Waals surface area contributed by atoms with Gasteiger partial charge in [-0.15, -0.1) is 0 Å². The van der Waals surface area contributed by atoms with Gasteiger partial charge in [-0.3, -0.25) is 14.5 Å². The molecule has 0 spiro atoms. The van der Waals surface area contributed by atoms with Crippen LogP contribution in [0.4, 0.5) is 5.69 Å². The zero-order chi connectivity index (χ0) is 23.6. The second-order valence-corrected chi connectivity index (χ2v) is 10.7. The highest BCUT2D eigenvalue weighted by atomic mass is 32.2. The van der Waals surface area contributed by atoms with Gasteiger partial charge in [-0.1, -0.05) is 37.6 Å². The number of sulfonamides is 1. The van der Waals surface area contributed by atoms with Crippen LogP contribution >= 0.6 is 0 Å². The van der Waals surface area contributed by atoms with Gasteiger partial charge in [0, 0.05) is 38.2 Å². The molecule has 7 nitrogen and oxygen atoms in total. The molecule has 2 amide bonds. The molecule has 0 unspecified atom stereocenters. The van der Waals surface area contributed by atoms with E-state index < -0.39 is 16.1 Å². The Labute approximate surface area is 195 Å². The Kier molecular flexibility index (Phi) is 6.86. The minimum absolute atomic E-state index is 0.156. The van der Waals surface area contributed by atoms with Crippen molar-refractivity contribution in [3.05, 3.63) is 59.2 Å². The molecular formula is C25H31N3O4S. The van der Waals surface area contributed by atoms with Crippen molar-refractivity contribution in [3.63, 3.8) is 0 Å². The van der Waals surface area contributed by atoms with Gasteiger partial charge in [-0.05, 0) is 54.7 Å². The van der Waals surface area contributed by atoms with Crippen LogP contribution in [0.2, 0.25) is 0 Å². The third-order valence-corrected chi connectivity index (χ3v) is 8.47. The normalized spacial score (nSPS) is 18.7. The van der Waals surface area contributed by atoms with Gasteiger partial charge in [-0.2, -0.15) is 4.31 Å². The Morgan fingerprint density at radius 2 is 1.79 bits per heavy atom. The van der Waals surface area contributed by atoms with Gasteiger partial charge in [0.15, 0.2) is 0 Å². The number of carbonyl (C=O) groups excluding carboxylic acids is 2. The van der Waals surface area contributed by atoms with Crippen molar-refractivity contribution >= 4 is 27.5 Å². The standard InChI is InChI=1S/C25H31N3O4S/c1-3-24(29)28-22-12-11-21(33(31,32)27-13-7-4-8-14-27)15-20(22)16-23(28)25(30)26-17-19-10-6-5-9-18(19)2/h5-6,9-12,15,23H,3-4,7-8,13-14,16-17H2,1-2H3,(H,26,30)/t23-/m1/s1. The number of nitrogens with one attached hydrogen (secondary N) is 1. The van der Waals surface area contributed by atoms with E-state index in [1.165, 1.54) is 9.21 Å². The van der Waals surface area contributed by atoms with Crippen molar-refractivity contribution in [2.75, 3.05) is 18.0 Å². The van der Waals surface area contributed by atoms with E-state index in [1.807, 2.05) is 31.2 Å². The first-order valence-electron chi connectivity index (χ1n) is 11.6. The van der Waals surface area contributed by atoms with Gasteiger partial charge in [0.25, 0.3) is 0 Å². The highest BCUT2D eigenvalue weighted by Gasteiger charge is 2.38. The number of carbonyl (C=O) groups is 2. The predicted molar refractivity (Wildman–Crippen MR) is 127 cm³/mol. The molecule has 2 aromatic rings. The monoisotopic (exact) mass is 469 g/mol. The second kappa shape index (κ2) is 9.65. The molecule has 2 aliphatic rings. The Hall–Kier alpha value is -2.71. The summed E-state index contributed by atoms with van der Waals surface area (Å²) < 4.78 is 27.8. The quantitative estimate of drug-likeness (QED) is 0.704. The highest BCUT2D eigenvalue weighted by Crippen LogP contribution is 2.35. The van der Waals surface area contributed by atoms with Crippen LogP contribution in [-0.4, -0.2) is 43.7 Å². The van der Waals surface area contributed by atoms with E-state index in [0.29, 0.717) is 37.3 Å². The van der Waals surface area contributed by atoms with Crippen molar-refractivity contribution in [2.45, 2.75) is 63.4 Å². The molecule has 1 saturated heterocycles. The summed E-state index contributed by atoms with van der Waals surface area (Å²) in [5.74, 6) is -0.395. The maximum absolute atomic E-state index is 13.1. The van der Waals surface area contributed by atoms with E-state index in [0.717, 1.165) is 30.4 Å². The molecule has 2 heterocycles. The van der Waals surface area contributed by atoms with Crippen LogP contribution in [0.15, 0.2) is 47.4 Å². The fourth-order valence-electron chi connectivity index (χ4n) is 4.64. The van der Waals surface area contributed by atoms with Crippen molar-refractivity contribution in [3.8, 4) is 0 Å². The van der Waals surface area contributed by atoms with Crippen LogP contribution in [0.5, 0.6) is 0 Å². The SMILES string of the molecule is CCC(=O)N1c2ccc(S(=O)(=O)N3CCCCC3)cc2C[C@@H]1C(=O)NCc1ccccc1C. The van der Waals surface area contributed by atoms with Crippen molar-refractivity contribution in [1.29, 1.82) is 0 Å². The van der Waals surface area contributed by atoms with E-state index in [4.69, 9.17) is 0 Å². The zero-order valence-electron chi connectivity index (χ0n) is 19.2. The van der Waals surface area contributed by atoms with Gasteiger partial charge < -0.3 is 5.32 Å². The largest absolute Gasteiger partial charge is 0.350 e. The molecule has 0 saturated carbocycles. The molecule has 2 aromatic carbocycles. The van der Waals surface area contributed by atoms with Gasteiger partial charge in [0.2, 0.25) is 21.8 Å². The summed E-state index contributed by atoms with van der Waals surface area (Å²) >= 11 is 0. The first kappa shape index (κ1) is 23.4. The lowest BCUT2D eigenvalue weighted by Gasteiger charge is -2.26. The maximum atomic E-state index is 13.1. The molecule has 0 bridgehead atoms. The number of anilines is 1. The number of nitrogens with zero attached hydrogens (tertiary/aromatic N) is 2. The average Bonchev–Trinajstić information content (AvgIpc) is 3.22. The van der Waals surface area contributed by atoms with E-state index in [-0.39, 0.29) is 23.1 Å². The topological polar surface area (TPSA) is 86.8 Å². The summed E-state index contributed by atoms with van der Waals surface area (Å²) in [5, 5.41) is 2.96. The zero-order valence-corrected chi connectivity index (χ0v) is 20.0. The lowest BCUT2D eigenvalue weighted by atomic mass is 10.1. The molecule has 176 valence electrons. The number of rotatable bonds is 6. The summed E-state index contributed by atoms with van der Waals surface area (Å²) in [7, 11) is -3.59. The molecule has 1 N–H and O–H groups in total. The minimum Gasteiger partial charge on any atom is -0.350 e. The maximum Gasteiger partial charge on any atom is 0.243 e. The Morgan fingerprint density at radius 1 is 1.06 bits per heavy atom. The van der Waals surface area contributed by atoms with Crippen LogP contribution in [0, 0.1) is 6.92 Å². The fraction of sp³-hybridized carbons (Fsp3) is 0.440. The molecule has 0 aromatic heterocycles. The molecule has 8 heteroatoms. The van der Waals surface area contributed by atoms with Crippen LogP contribution in [0.3, 0.4) is 0 Å². The molecule has 4 rings (SSSR count). The smallest absolute Gasteiger partial charge is 0.243 e. The van der Waals surface area contributed by atoms with Crippen molar-refractivity contribution in [1.82, 2.24) is 9.62 Å². The number of amides is 2. The lowest BCUT2D eigenvalue weighted by molar-refractivity contribution is -0.126. The summed E-state index contributed by atoms with van der Waals surface area (Å²) in [4.78, 5) is 27.7. The second-order valence-electron chi connectivity index (χ2n) is 8.74. The van der Waals surface area contributed by atoms with Crippen LogP contribution in [-0.2, 0) is 32.6 Å². The summed E-state index contributed by atoms with van der Waals surface area (Å²) in [5.41, 5.74) is 3.44. The Morgan fingerprint density at radius 3 is 2.48 bits per heavy atom. The fourth-order valence-corrected chi connectivity index (χ4v) is 6.21. The number of piperidine rings is 1. The molecule has 1 atom stereocenters. The highest BCUT2D eigenvalue weighted by molar-refractivity contribution is 7.89. The number of benzene rings is 2. The van der Waals surface area contributed by atoms with Gasteiger partial charge in [0.1, 0.15) is 6.04 Å². The number of fused-ring (bicyclic) bond motifs is 1. The first-order valence-corrected chi connectivity index (χ1v) is 13.0. The predicted octanol–water partition coefficient (Wildman–Crippen LogP) is 3.15. The van der Waals surface area contributed by atoms with Crippen LogP contribution in [0.25, 0.3) is 0 Å². The third kappa shape index (κ3) is 4.68. The molecule has 0 aliphatic carbocycles. The summed E-state index contributed by atoms with van der Waals surface area (Å²) in [6.07, 6.45) is 3.33. The third-order valence-electron chi connectivity index (χ3n) is 6.58. The van der Waals surface area contributed by atoms with Crippen molar-refractivity contribution in [2.24, 2.45) is 0 Å². The lowest BCUT2D eigenvalue weighted by Crippen LogP contribution is -2.47. The Bertz CT molecular complexity index is 1160. The Balaban J connectivity index is 1.58. The van der Waals surface area contributed by atoms with Crippen LogP contribution in [0.1, 0.15) is 49.3 Å². The van der Waals surface area contributed by atoms with Gasteiger partial charge in [-0.25, -0.2) is 8.42 Å². The van der Waals surface area contributed by atoms with Crippen molar-refractivity contribution < 1.29 is 18.0 Å². The van der Waals surface area contributed by atoms with E-state index in [1.54, 1.807) is 25.1 Å². The average molecular weight is 470 g/mol. The molecule has 0 radical (unpaired) electrons. The van der Waals surface area contributed by atoms with E-state index in [9.17, 15) is 18.0 Å². The molecule has 2 aliphatic heterocycles. The number of hydrogen-bond acceptors (Lipinski definition) is 4. The van der Waals surface area contributed by atoms with E-state index in [2.05, 4.69) is 5.32 Å². The molecular weight excluding hydrogens is 438 g/mol. The van der Waals surface area contributed by atoms with E-state index >= 15 is 0 Å². The minimum atomic E-state index is -3.59. The molecule has 33 heavy (non-hydrogen) atoms. The van der Waals surface area contributed by atoms with Crippen LogP contribution < -0.4 is 10.2 Å².